The average molecular weight is 373 g/mol. The van der Waals surface area contributed by atoms with Crippen molar-refractivity contribution >= 4 is 33.5 Å². The van der Waals surface area contributed by atoms with E-state index in [1.54, 1.807) is 11.6 Å². The highest BCUT2D eigenvalue weighted by molar-refractivity contribution is 7.90. The molecule has 0 aliphatic heterocycles. The van der Waals surface area contributed by atoms with Crippen LogP contribution in [0.4, 0.5) is 0 Å². The molecule has 0 fully saturated rings. The summed E-state index contributed by atoms with van der Waals surface area (Å²) in [7, 11) is -3.34. The summed E-state index contributed by atoms with van der Waals surface area (Å²) in [4.78, 5) is 27.1. The van der Waals surface area contributed by atoms with Crippen LogP contribution in [-0.2, 0) is 21.2 Å². The maximum atomic E-state index is 12.5. The maximum absolute atomic E-state index is 12.5. The van der Waals surface area contributed by atoms with Gasteiger partial charge in [-0.15, -0.1) is 0 Å². The lowest BCUT2D eigenvalue weighted by molar-refractivity contribution is 0.0596. The van der Waals surface area contributed by atoms with E-state index in [9.17, 15) is 18.0 Å². The number of nitrogens with one attached hydrogen (secondary N) is 1. The summed E-state index contributed by atoms with van der Waals surface area (Å²) in [5.74, 6) is -1.63. The monoisotopic (exact) mass is 372 g/mol. The van der Waals surface area contributed by atoms with Crippen LogP contribution in [0.5, 0.6) is 0 Å². The van der Waals surface area contributed by atoms with E-state index in [4.69, 9.17) is 16.0 Å². The van der Waals surface area contributed by atoms with Crippen molar-refractivity contribution in [1.29, 1.82) is 0 Å². The lowest BCUT2D eigenvalue weighted by atomic mass is 10.2. The fraction of sp³-hybridized carbons (Fsp3) is 0.214. The van der Waals surface area contributed by atoms with Gasteiger partial charge in [0.15, 0.2) is 11.6 Å². The van der Waals surface area contributed by atoms with Crippen molar-refractivity contribution in [3.8, 4) is 0 Å². The van der Waals surface area contributed by atoms with Crippen LogP contribution in [0.25, 0.3) is 0 Å². The lowest BCUT2D eigenvalue weighted by Crippen LogP contribution is -2.32. The zero-order chi connectivity index (χ0) is 17.9. The molecule has 0 unspecified atom stereocenters. The number of aromatic nitrogens is 1. The van der Waals surface area contributed by atoms with Gasteiger partial charge in [-0.3, -0.25) is 4.79 Å². The molecule has 1 aromatic carbocycles. The molecule has 0 aliphatic carbocycles. The van der Waals surface area contributed by atoms with Crippen LogP contribution in [0.1, 0.15) is 33.7 Å². The van der Waals surface area contributed by atoms with E-state index < -0.39 is 26.8 Å². The van der Waals surface area contributed by atoms with Gasteiger partial charge in [0.25, 0.3) is 15.9 Å². The van der Waals surface area contributed by atoms with E-state index >= 15 is 0 Å². The van der Waals surface area contributed by atoms with Gasteiger partial charge in [0.1, 0.15) is 11.2 Å². The molecular formula is C14H13ClN2O6S. The Hall–Kier alpha value is -2.39. The Kier molecular flexibility index (Phi) is 5.25. The van der Waals surface area contributed by atoms with E-state index in [1.807, 2.05) is 0 Å². The third-order valence-corrected chi connectivity index (χ3v) is 4.81. The molecule has 0 aliphatic rings. The van der Waals surface area contributed by atoms with Crippen LogP contribution >= 0.6 is 11.6 Å². The van der Waals surface area contributed by atoms with Gasteiger partial charge in [0, 0.05) is 6.42 Å². The number of halogens is 1. The van der Waals surface area contributed by atoms with E-state index in [-0.39, 0.29) is 22.2 Å². The summed E-state index contributed by atoms with van der Waals surface area (Å²) < 4.78 is 36.3. The second kappa shape index (κ2) is 7.02. The molecule has 1 heterocycles. The Morgan fingerprint density at radius 1 is 1.38 bits per heavy atom. The number of methoxy groups -OCH3 is 1. The maximum Gasteiger partial charge on any atom is 0.339 e. The Balaban J connectivity index is 2.41. The number of aryl methyl sites for hydroxylation is 1. The molecule has 8 nitrogen and oxygen atoms in total. The second-order valence-electron chi connectivity index (χ2n) is 4.52. The van der Waals surface area contributed by atoms with Gasteiger partial charge in [-0.05, 0) is 12.1 Å². The first-order chi connectivity index (χ1) is 11.3. The van der Waals surface area contributed by atoms with Gasteiger partial charge in [-0.2, -0.15) is 0 Å². The largest absolute Gasteiger partial charge is 0.465 e. The predicted octanol–water partition coefficient (Wildman–Crippen LogP) is 1.80. The zero-order valence-electron chi connectivity index (χ0n) is 12.7. The topological polar surface area (TPSA) is 116 Å². The molecule has 10 heteroatoms. The van der Waals surface area contributed by atoms with Crippen LogP contribution in [0, 0.1) is 0 Å². The Morgan fingerprint density at radius 2 is 2.08 bits per heavy atom. The summed E-state index contributed by atoms with van der Waals surface area (Å²) in [6.45, 7) is 1.76. The molecular weight excluding hydrogens is 360 g/mol. The van der Waals surface area contributed by atoms with E-state index in [0.717, 1.165) is 13.4 Å². The number of nitrogens with zero attached hydrogens (tertiary/aromatic N) is 1. The fourth-order valence-corrected chi connectivity index (χ4v) is 3.55. The molecule has 1 N–H and O–H groups in total. The van der Waals surface area contributed by atoms with Gasteiger partial charge >= 0.3 is 5.97 Å². The molecule has 1 amide bonds. The highest BCUT2D eigenvalue weighted by Crippen LogP contribution is 2.26. The lowest BCUT2D eigenvalue weighted by Gasteiger charge is -2.11. The summed E-state index contributed by atoms with van der Waals surface area (Å²) in [6.07, 6.45) is 1.48. The molecule has 0 radical (unpaired) electrons. The normalized spacial score (nSPS) is 11.1. The molecule has 24 heavy (non-hydrogen) atoms. The van der Waals surface area contributed by atoms with Crippen molar-refractivity contribution < 1.29 is 27.2 Å². The number of amides is 1. The van der Waals surface area contributed by atoms with Crippen molar-refractivity contribution in [3.05, 3.63) is 46.6 Å². The number of esters is 1. The third kappa shape index (κ3) is 3.57. The molecule has 0 atom stereocenters. The number of carbonyl (C=O) groups is 2. The smallest absolute Gasteiger partial charge is 0.339 e. The zero-order valence-corrected chi connectivity index (χ0v) is 14.3. The number of ether oxygens (including phenoxy) is 1. The van der Waals surface area contributed by atoms with Crippen LogP contribution in [0.3, 0.4) is 0 Å². The second-order valence-corrected chi connectivity index (χ2v) is 6.55. The molecule has 2 rings (SSSR count). The van der Waals surface area contributed by atoms with Crippen LogP contribution < -0.4 is 4.72 Å². The quantitative estimate of drug-likeness (QED) is 0.795. The molecule has 2 aromatic rings. The van der Waals surface area contributed by atoms with Crippen LogP contribution in [-0.4, -0.2) is 32.4 Å². The highest BCUT2D eigenvalue weighted by Gasteiger charge is 2.29. The number of sulfonamides is 1. The van der Waals surface area contributed by atoms with Gasteiger partial charge in [0.05, 0.1) is 17.7 Å². The Bertz CT molecular complexity index is 890. The van der Waals surface area contributed by atoms with Gasteiger partial charge < -0.3 is 9.15 Å². The number of oxazole rings is 1. The van der Waals surface area contributed by atoms with Crippen LogP contribution in [0.2, 0.25) is 5.02 Å². The SMILES string of the molecule is CCc1nc(C(=O)NS(=O)(=O)c2c(Cl)cccc2C(=O)OC)co1. The van der Waals surface area contributed by atoms with Gasteiger partial charge in [-0.1, -0.05) is 24.6 Å². The summed E-state index contributed by atoms with van der Waals surface area (Å²) in [5, 5.41) is -0.229. The molecule has 128 valence electrons. The number of hydrogen-bond acceptors (Lipinski definition) is 7. The summed E-state index contributed by atoms with van der Waals surface area (Å²) in [6, 6.07) is 3.89. The van der Waals surface area contributed by atoms with Crippen molar-refractivity contribution in [2.75, 3.05) is 7.11 Å². The first-order valence-electron chi connectivity index (χ1n) is 6.68. The van der Waals surface area contributed by atoms with E-state index in [1.165, 1.54) is 18.2 Å². The minimum atomic E-state index is -4.44. The van der Waals surface area contributed by atoms with Crippen molar-refractivity contribution in [3.63, 3.8) is 0 Å². The summed E-state index contributed by atoms with van der Waals surface area (Å²) >= 11 is 5.90. The van der Waals surface area contributed by atoms with E-state index in [0.29, 0.717) is 6.42 Å². The Labute approximate surface area is 142 Å². The number of benzene rings is 1. The molecule has 1 aromatic heterocycles. The average Bonchev–Trinajstić information content (AvgIpc) is 3.02. The molecule has 0 bridgehead atoms. The van der Waals surface area contributed by atoms with Crippen LogP contribution in [0.15, 0.2) is 33.8 Å². The van der Waals surface area contributed by atoms with Crippen molar-refractivity contribution in [1.82, 2.24) is 9.71 Å². The van der Waals surface area contributed by atoms with Gasteiger partial charge in [0.2, 0.25) is 0 Å². The highest BCUT2D eigenvalue weighted by atomic mass is 35.5. The van der Waals surface area contributed by atoms with E-state index in [2.05, 4.69) is 9.72 Å². The minimum Gasteiger partial charge on any atom is -0.465 e. The predicted molar refractivity (Wildman–Crippen MR) is 83.3 cm³/mol. The summed E-state index contributed by atoms with van der Waals surface area (Å²) in [5.41, 5.74) is -0.498. The van der Waals surface area contributed by atoms with Crippen molar-refractivity contribution in [2.45, 2.75) is 18.2 Å². The van der Waals surface area contributed by atoms with Crippen molar-refractivity contribution in [2.24, 2.45) is 0 Å². The number of rotatable bonds is 5. The molecule has 0 saturated heterocycles. The third-order valence-electron chi connectivity index (χ3n) is 2.95. The molecule has 0 spiro atoms. The standard InChI is InChI=1S/C14H13ClN2O6S/c1-3-11-16-10(7-23-11)13(18)17-24(20,21)12-8(14(19)22-2)5-4-6-9(12)15/h4-7H,3H2,1-2H3,(H,17,18). The fourth-order valence-electron chi connectivity index (χ4n) is 1.86. The molecule has 0 saturated carbocycles. The number of hydrogen-bond donors (Lipinski definition) is 1. The number of carbonyl (C=O) groups excluding carboxylic acids is 2. The van der Waals surface area contributed by atoms with Gasteiger partial charge in [-0.25, -0.2) is 22.9 Å². The minimum absolute atomic E-state index is 0.206. The Morgan fingerprint density at radius 3 is 2.67 bits per heavy atom. The first kappa shape index (κ1) is 18.0. The first-order valence-corrected chi connectivity index (χ1v) is 8.54.